The molecule has 0 saturated heterocycles. The van der Waals surface area contributed by atoms with E-state index in [9.17, 15) is 0 Å². The highest BCUT2D eigenvalue weighted by Crippen LogP contribution is 2.32. The predicted octanol–water partition coefficient (Wildman–Crippen LogP) is 5.07. The van der Waals surface area contributed by atoms with Crippen LogP contribution < -0.4 is 5.32 Å². The largest absolute Gasteiger partial charge is 0.310 e. The lowest BCUT2D eigenvalue weighted by atomic mass is 9.80. The number of hydrogen-bond acceptors (Lipinski definition) is 1. The molecular formula is C18H31N. The molecule has 0 saturated carbocycles. The van der Waals surface area contributed by atoms with Gasteiger partial charge >= 0.3 is 0 Å². The van der Waals surface area contributed by atoms with E-state index in [0.29, 0.717) is 6.04 Å². The maximum atomic E-state index is 3.68. The molecule has 0 amide bonds. The Bertz CT molecular complexity index is 376. The minimum Gasteiger partial charge on any atom is -0.310 e. The molecule has 19 heavy (non-hydrogen) atoms. The van der Waals surface area contributed by atoms with Crippen molar-refractivity contribution in [1.82, 2.24) is 5.32 Å². The lowest BCUT2D eigenvalue weighted by Crippen LogP contribution is -2.26. The van der Waals surface area contributed by atoms with Crippen molar-refractivity contribution < 1.29 is 0 Å². The van der Waals surface area contributed by atoms with E-state index in [1.165, 1.54) is 24.0 Å². The number of nitrogens with one attached hydrogen (secondary N) is 1. The smallest absolute Gasteiger partial charge is 0.0325 e. The quantitative estimate of drug-likeness (QED) is 0.753. The van der Waals surface area contributed by atoms with Crippen molar-refractivity contribution in [2.24, 2.45) is 5.92 Å². The van der Waals surface area contributed by atoms with E-state index in [4.69, 9.17) is 0 Å². The molecule has 1 nitrogen and oxygen atoms in total. The maximum Gasteiger partial charge on any atom is 0.0325 e. The van der Waals surface area contributed by atoms with E-state index in [1.54, 1.807) is 0 Å². The average molecular weight is 261 g/mol. The highest BCUT2D eigenvalue weighted by Gasteiger charge is 2.22. The fourth-order valence-corrected chi connectivity index (χ4v) is 2.62. The third-order valence-electron chi connectivity index (χ3n) is 3.93. The standard InChI is InChI=1S/C18H31N/c1-7-14(3)13-17(19-8-2)15-11-9-10-12-16(15)18(4,5)6/h9-12,14,17,19H,7-8,13H2,1-6H3. The molecule has 0 aliphatic carbocycles. The van der Waals surface area contributed by atoms with Crippen LogP contribution in [-0.4, -0.2) is 6.54 Å². The van der Waals surface area contributed by atoms with Crippen LogP contribution >= 0.6 is 0 Å². The molecule has 0 aliphatic heterocycles. The van der Waals surface area contributed by atoms with Crippen LogP contribution in [0.25, 0.3) is 0 Å². The van der Waals surface area contributed by atoms with E-state index in [1.807, 2.05) is 0 Å². The third-order valence-corrected chi connectivity index (χ3v) is 3.93. The van der Waals surface area contributed by atoms with Crippen LogP contribution in [0.5, 0.6) is 0 Å². The summed E-state index contributed by atoms with van der Waals surface area (Å²) in [5.74, 6) is 0.761. The lowest BCUT2D eigenvalue weighted by Gasteiger charge is -2.29. The molecule has 108 valence electrons. The lowest BCUT2D eigenvalue weighted by molar-refractivity contribution is 0.402. The van der Waals surface area contributed by atoms with Crippen molar-refractivity contribution in [3.05, 3.63) is 35.4 Å². The van der Waals surface area contributed by atoms with Crippen molar-refractivity contribution in [3.63, 3.8) is 0 Å². The fourth-order valence-electron chi connectivity index (χ4n) is 2.62. The molecule has 0 heterocycles. The Labute approximate surface area is 119 Å². The minimum absolute atomic E-state index is 0.208. The van der Waals surface area contributed by atoms with E-state index >= 15 is 0 Å². The van der Waals surface area contributed by atoms with Gasteiger partial charge in [0.05, 0.1) is 0 Å². The summed E-state index contributed by atoms with van der Waals surface area (Å²) < 4.78 is 0. The van der Waals surface area contributed by atoms with E-state index < -0.39 is 0 Å². The van der Waals surface area contributed by atoms with E-state index in [-0.39, 0.29) is 5.41 Å². The zero-order valence-electron chi connectivity index (χ0n) is 13.6. The van der Waals surface area contributed by atoms with Crippen LogP contribution in [0, 0.1) is 5.92 Å². The van der Waals surface area contributed by atoms with Gasteiger partial charge in [0.2, 0.25) is 0 Å². The molecule has 0 aromatic heterocycles. The van der Waals surface area contributed by atoms with Gasteiger partial charge in [-0.15, -0.1) is 0 Å². The van der Waals surface area contributed by atoms with Crippen molar-refractivity contribution in [2.75, 3.05) is 6.54 Å². The topological polar surface area (TPSA) is 12.0 Å². The molecule has 1 aromatic carbocycles. The zero-order chi connectivity index (χ0) is 14.5. The predicted molar refractivity (Wildman–Crippen MR) is 85.6 cm³/mol. The van der Waals surface area contributed by atoms with Gasteiger partial charge in [-0.1, -0.05) is 72.2 Å². The summed E-state index contributed by atoms with van der Waals surface area (Å²) in [6.07, 6.45) is 2.47. The van der Waals surface area contributed by atoms with Gasteiger partial charge in [-0.2, -0.15) is 0 Å². The molecular weight excluding hydrogens is 230 g/mol. The highest BCUT2D eigenvalue weighted by molar-refractivity contribution is 5.35. The summed E-state index contributed by atoms with van der Waals surface area (Å²) in [5, 5.41) is 3.68. The van der Waals surface area contributed by atoms with Crippen LogP contribution in [-0.2, 0) is 5.41 Å². The molecule has 0 aliphatic rings. The summed E-state index contributed by atoms with van der Waals surface area (Å²) >= 11 is 0. The monoisotopic (exact) mass is 261 g/mol. The molecule has 0 radical (unpaired) electrons. The number of benzene rings is 1. The first-order valence-electron chi connectivity index (χ1n) is 7.72. The van der Waals surface area contributed by atoms with Gasteiger partial charge in [0.25, 0.3) is 0 Å². The fraction of sp³-hybridized carbons (Fsp3) is 0.667. The van der Waals surface area contributed by atoms with Crippen molar-refractivity contribution in [1.29, 1.82) is 0 Å². The first-order valence-corrected chi connectivity index (χ1v) is 7.72. The normalized spacial score (nSPS) is 15.3. The Kier molecular flexibility index (Phi) is 6.06. The first kappa shape index (κ1) is 16.2. The van der Waals surface area contributed by atoms with Crippen molar-refractivity contribution in [3.8, 4) is 0 Å². The third kappa shape index (κ3) is 4.65. The van der Waals surface area contributed by atoms with Gasteiger partial charge in [-0.3, -0.25) is 0 Å². The van der Waals surface area contributed by atoms with Gasteiger partial charge in [0.1, 0.15) is 0 Å². The van der Waals surface area contributed by atoms with Gasteiger partial charge in [-0.25, -0.2) is 0 Å². The number of hydrogen-bond donors (Lipinski definition) is 1. The molecule has 1 aromatic rings. The Morgan fingerprint density at radius 1 is 1.11 bits per heavy atom. The van der Waals surface area contributed by atoms with Crippen LogP contribution in [0.2, 0.25) is 0 Å². The highest BCUT2D eigenvalue weighted by atomic mass is 14.9. The van der Waals surface area contributed by atoms with Gasteiger partial charge in [0, 0.05) is 6.04 Å². The van der Waals surface area contributed by atoms with Gasteiger partial charge in [-0.05, 0) is 35.4 Å². The average Bonchev–Trinajstić information content (AvgIpc) is 2.37. The first-order chi connectivity index (χ1) is 8.90. The van der Waals surface area contributed by atoms with E-state index in [2.05, 4.69) is 71.1 Å². The van der Waals surface area contributed by atoms with Crippen LogP contribution in [0.4, 0.5) is 0 Å². The molecule has 0 bridgehead atoms. The summed E-state index contributed by atoms with van der Waals surface area (Å²) in [5.41, 5.74) is 3.17. The van der Waals surface area contributed by atoms with Crippen LogP contribution in [0.15, 0.2) is 24.3 Å². The van der Waals surface area contributed by atoms with Crippen molar-refractivity contribution in [2.45, 2.75) is 65.8 Å². The van der Waals surface area contributed by atoms with Gasteiger partial charge in [0.15, 0.2) is 0 Å². The van der Waals surface area contributed by atoms with Crippen molar-refractivity contribution >= 4 is 0 Å². The number of rotatable bonds is 6. The molecule has 1 N–H and O–H groups in total. The molecule has 2 atom stereocenters. The second-order valence-corrected chi connectivity index (χ2v) is 6.70. The summed E-state index contributed by atoms with van der Waals surface area (Å²) in [6.45, 7) is 14.8. The maximum absolute atomic E-state index is 3.68. The summed E-state index contributed by atoms with van der Waals surface area (Å²) in [6, 6.07) is 9.41. The van der Waals surface area contributed by atoms with Crippen LogP contribution in [0.1, 0.15) is 71.6 Å². The molecule has 1 heteroatoms. The van der Waals surface area contributed by atoms with Gasteiger partial charge < -0.3 is 5.32 Å². The second-order valence-electron chi connectivity index (χ2n) is 6.70. The Hall–Kier alpha value is -0.820. The zero-order valence-corrected chi connectivity index (χ0v) is 13.6. The minimum atomic E-state index is 0.208. The Morgan fingerprint density at radius 2 is 1.74 bits per heavy atom. The van der Waals surface area contributed by atoms with E-state index in [0.717, 1.165) is 12.5 Å². The second kappa shape index (κ2) is 7.09. The molecule has 2 unspecified atom stereocenters. The Morgan fingerprint density at radius 3 is 2.26 bits per heavy atom. The van der Waals surface area contributed by atoms with Crippen LogP contribution in [0.3, 0.4) is 0 Å². The molecule has 0 spiro atoms. The summed E-state index contributed by atoms with van der Waals surface area (Å²) in [4.78, 5) is 0. The molecule has 0 fully saturated rings. The summed E-state index contributed by atoms with van der Waals surface area (Å²) in [7, 11) is 0. The Balaban J connectivity index is 3.08. The SMILES string of the molecule is CCNC(CC(C)CC)c1ccccc1C(C)(C)C. The molecule has 1 rings (SSSR count).